The molecule has 0 saturated heterocycles. The van der Waals surface area contributed by atoms with Crippen LogP contribution >= 0.6 is 0 Å². The van der Waals surface area contributed by atoms with Crippen LogP contribution in [-0.2, 0) is 16.4 Å². The minimum Gasteiger partial charge on any atom is -0.488 e. The zero-order chi connectivity index (χ0) is 23.6. The van der Waals surface area contributed by atoms with Crippen LogP contribution < -0.4 is 19.5 Å². The summed E-state index contributed by atoms with van der Waals surface area (Å²) < 4.78 is 75.4. The van der Waals surface area contributed by atoms with Gasteiger partial charge in [-0.05, 0) is 44.2 Å². The molecule has 0 radical (unpaired) electrons. The molecule has 0 aliphatic carbocycles. The first-order valence-electron chi connectivity index (χ1n) is 9.75. The van der Waals surface area contributed by atoms with Crippen LogP contribution in [0.25, 0.3) is 0 Å². The third-order valence-corrected chi connectivity index (χ3v) is 6.06. The summed E-state index contributed by atoms with van der Waals surface area (Å²) in [6, 6.07) is 10.1. The highest BCUT2D eigenvalue weighted by Crippen LogP contribution is 2.41. The molecule has 11 heteroatoms. The maximum Gasteiger partial charge on any atom is 0.405 e. The lowest BCUT2D eigenvalue weighted by Gasteiger charge is -2.18. The van der Waals surface area contributed by atoms with E-state index in [0.29, 0.717) is 11.5 Å². The van der Waals surface area contributed by atoms with Gasteiger partial charge < -0.3 is 14.8 Å². The Morgan fingerprint density at radius 2 is 1.84 bits per heavy atom. The number of hydrogen-bond donors (Lipinski definition) is 2. The molecule has 0 aromatic heterocycles. The minimum atomic E-state index is -4.53. The number of para-hydroxylation sites is 1. The van der Waals surface area contributed by atoms with Crippen LogP contribution in [0.3, 0.4) is 0 Å². The Labute approximate surface area is 184 Å². The van der Waals surface area contributed by atoms with Gasteiger partial charge in [0.25, 0.3) is 5.91 Å². The van der Waals surface area contributed by atoms with E-state index < -0.39 is 28.7 Å². The average molecular weight is 472 g/mol. The third-order valence-electron chi connectivity index (χ3n) is 4.58. The van der Waals surface area contributed by atoms with E-state index in [-0.39, 0.29) is 29.2 Å². The molecule has 1 heterocycles. The number of amides is 1. The molecular formula is C21H23F3N2O5S. The van der Waals surface area contributed by atoms with Gasteiger partial charge in [0, 0.05) is 24.1 Å². The fraction of sp³-hybridized carbons (Fsp3) is 0.381. The zero-order valence-corrected chi connectivity index (χ0v) is 18.3. The van der Waals surface area contributed by atoms with Crippen LogP contribution in [-0.4, -0.2) is 45.8 Å². The van der Waals surface area contributed by atoms with Crippen molar-refractivity contribution in [2.24, 2.45) is 0 Å². The molecule has 0 unspecified atom stereocenters. The van der Waals surface area contributed by atoms with Gasteiger partial charge in [-0.25, -0.2) is 13.1 Å². The Kier molecular flexibility index (Phi) is 6.70. The molecule has 7 nitrogen and oxygen atoms in total. The van der Waals surface area contributed by atoms with Gasteiger partial charge in [0.2, 0.25) is 10.0 Å². The van der Waals surface area contributed by atoms with Crippen LogP contribution in [0.1, 0.15) is 29.8 Å². The molecule has 1 aliphatic rings. The number of hydrogen-bond acceptors (Lipinski definition) is 5. The summed E-state index contributed by atoms with van der Waals surface area (Å²) in [6.45, 7) is 2.49. The van der Waals surface area contributed by atoms with Crippen LogP contribution in [0.4, 0.5) is 13.2 Å². The summed E-state index contributed by atoms with van der Waals surface area (Å²) in [5.41, 5.74) is 0.601. The number of fused-ring (bicyclic) bond motifs is 1. The lowest BCUT2D eigenvalue weighted by Crippen LogP contribution is -2.33. The smallest absolute Gasteiger partial charge is 0.405 e. The predicted molar refractivity (Wildman–Crippen MR) is 110 cm³/mol. The summed E-state index contributed by atoms with van der Waals surface area (Å²) in [6.07, 6.45) is -3.79. The number of alkyl halides is 3. The number of carbonyl (C=O) groups excluding carboxylic acids is 1. The lowest BCUT2D eigenvalue weighted by atomic mass is 10.0. The molecule has 0 fully saturated rings. The normalized spacial score (nSPS) is 15.0. The molecule has 32 heavy (non-hydrogen) atoms. The number of carbonyl (C=O) groups is 1. The molecule has 2 aromatic carbocycles. The number of rotatable bonds is 8. The molecule has 3 rings (SSSR count). The standard InChI is InChI=1S/C21H23F3N2O5S/c1-20(2)12-15-4-3-5-17(18(15)31-20)30-11-10-26-32(28,29)16-8-6-14(7-9-16)19(27)25-13-21(22,23)24/h3-9,26H,10-13H2,1-2H3,(H,25,27). The highest BCUT2D eigenvalue weighted by molar-refractivity contribution is 7.89. The summed E-state index contributed by atoms with van der Waals surface area (Å²) in [5.74, 6) is 0.231. The van der Waals surface area contributed by atoms with Gasteiger partial charge in [0.05, 0.1) is 4.90 Å². The second kappa shape index (κ2) is 8.99. The second-order valence-electron chi connectivity index (χ2n) is 7.85. The summed E-state index contributed by atoms with van der Waals surface area (Å²) >= 11 is 0. The van der Waals surface area contributed by atoms with E-state index in [1.807, 2.05) is 26.0 Å². The quantitative estimate of drug-likeness (QED) is 0.576. The number of nitrogens with one attached hydrogen (secondary N) is 2. The molecule has 2 N–H and O–H groups in total. The van der Waals surface area contributed by atoms with Crippen molar-refractivity contribution in [2.75, 3.05) is 19.7 Å². The SMILES string of the molecule is CC1(C)Cc2cccc(OCCNS(=O)(=O)c3ccc(C(=O)NCC(F)(F)F)cc3)c2O1. The van der Waals surface area contributed by atoms with Crippen LogP contribution in [0, 0.1) is 0 Å². The van der Waals surface area contributed by atoms with E-state index >= 15 is 0 Å². The monoisotopic (exact) mass is 472 g/mol. The number of ether oxygens (including phenoxy) is 2. The molecule has 1 aliphatic heterocycles. The number of halogens is 3. The molecule has 174 valence electrons. The Balaban J connectivity index is 1.53. The van der Waals surface area contributed by atoms with Crippen LogP contribution in [0.2, 0.25) is 0 Å². The Bertz CT molecular complexity index is 1080. The van der Waals surface area contributed by atoms with Gasteiger partial charge >= 0.3 is 6.18 Å². The first kappa shape index (κ1) is 23.9. The van der Waals surface area contributed by atoms with E-state index in [4.69, 9.17) is 9.47 Å². The van der Waals surface area contributed by atoms with Crippen molar-refractivity contribution in [1.82, 2.24) is 10.0 Å². The number of sulfonamides is 1. The van der Waals surface area contributed by atoms with Crippen molar-refractivity contribution in [1.29, 1.82) is 0 Å². The average Bonchev–Trinajstić information content (AvgIpc) is 3.03. The second-order valence-corrected chi connectivity index (χ2v) is 9.62. The van der Waals surface area contributed by atoms with Gasteiger partial charge in [-0.3, -0.25) is 4.79 Å². The van der Waals surface area contributed by atoms with Crippen molar-refractivity contribution in [3.05, 3.63) is 53.6 Å². The zero-order valence-electron chi connectivity index (χ0n) is 17.5. The molecular weight excluding hydrogens is 449 g/mol. The number of benzene rings is 2. The summed E-state index contributed by atoms with van der Waals surface area (Å²) in [7, 11) is -3.90. The van der Waals surface area contributed by atoms with Crippen molar-refractivity contribution < 1.29 is 35.9 Å². The maximum atomic E-state index is 12.4. The van der Waals surface area contributed by atoms with Crippen LogP contribution in [0.5, 0.6) is 11.5 Å². The first-order chi connectivity index (χ1) is 14.9. The molecule has 0 saturated carbocycles. The van der Waals surface area contributed by atoms with Crippen molar-refractivity contribution in [3.63, 3.8) is 0 Å². The maximum absolute atomic E-state index is 12.4. The Morgan fingerprint density at radius 3 is 2.50 bits per heavy atom. The van der Waals surface area contributed by atoms with Crippen LogP contribution in [0.15, 0.2) is 47.4 Å². The molecule has 2 aromatic rings. The van der Waals surface area contributed by atoms with Gasteiger partial charge in [-0.15, -0.1) is 0 Å². The van der Waals surface area contributed by atoms with E-state index in [2.05, 4.69) is 4.72 Å². The van der Waals surface area contributed by atoms with E-state index in [0.717, 1.165) is 36.2 Å². The fourth-order valence-corrected chi connectivity index (χ4v) is 4.20. The summed E-state index contributed by atoms with van der Waals surface area (Å²) in [4.78, 5) is 11.6. The Morgan fingerprint density at radius 1 is 1.16 bits per heavy atom. The molecule has 0 atom stereocenters. The largest absolute Gasteiger partial charge is 0.488 e. The first-order valence-corrected chi connectivity index (χ1v) is 11.2. The van der Waals surface area contributed by atoms with Crippen molar-refractivity contribution in [3.8, 4) is 11.5 Å². The minimum absolute atomic E-state index is 0.0246. The van der Waals surface area contributed by atoms with Gasteiger partial charge in [-0.2, -0.15) is 13.2 Å². The van der Waals surface area contributed by atoms with Gasteiger partial charge in [0.1, 0.15) is 18.8 Å². The van der Waals surface area contributed by atoms with E-state index in [9.17, 15) is 26.4 Å². The third kappa shape index (κ3) is 6.13. The fourth-order valence-electron chi connectivity index (χ4n) is 3.19. The predicted octanol–water partition coefficient (Wildman–Crippen LogP) is 3.05. The highest BCUT2D eigenvalue weighted by Gasteiger charge is 2.32. The van der Waals surface area contributed by atoms with E-state index in [1.54, 1.807) is 11.4 Å². The van der Waals surface area contributed by atoms with Gasteiger partial charge in [0.15, 0.2) is 11.5 Å². The summed E-state index contributed by atoms with van der Waals surface area (Å²) in [5, 5.41) is 1.72. The lowest BCUT2D eigenvalue weighted by molar-refractivity contribution is -0.123. The van der Waals surface area contributed by atoms with Gasteiger partial charge in [-0.1, -0.05) is 12.1 Å². The topological polar surface area (TPSA) is 93.7 Å². The Hall–Kier alpha value is -2.79. The molecule has 0 spiro atoms. The molecule has 1 amide bonds. The van der Waals surface area contributed by atoms with Crippen molar-refractivity contribution in [2.45, 2.75) is 36.9 Å². The molecule has 0 bridgehead atoms. The van der Waals surface area contributed by atoms with Crippen molar-refractivity contribution >= 4 is 15.9 Å². The highest BCUT2D eigenvalue weighted by atomic mass is 32.2. The van der Waals surface area contributed by atoms with E-state index in [1.165, 1.54) is 0 Å².